The minimum atomic E-state index is -0.425. The van der Waals surface area contributed by atoms with E-state index in [0.717, 1.165) is 16.5 Å². The SMILES string of the molecule is CSc1nnc(CCNC(=O)OCc2ccccc2)n1C. The normalized spacial score (nSPS) is 10.4. The van der Waals surface area contributed by atoms with Crippen LogP contribution in [0.25, 0.3) is 0 Å². The molecule has 0 aliphatic heterocycles. The minimum absolute atomic E-state index is 0.271. The van der Waals surface area contributed by atoms with Crippen LogP contribution in [0.3, 0.4) is 0 Å². The molecule has 21 heavy (non-hydrogen) atoms. The van der Waals surface area contributed by atoms with Gasteiger partial charge in [0.2, 0.25) is 0 Å². The minimum Gasteiger partial charge on any atom is -0.445 e. The molecule has 2 rings (SSSR count). The van der Waals surface area contributed by atoms with Gasteiger partial charge in [-0.05, 0) is 11.8 Å². The Morgan fingerprint density at radius 3 is 2.76 bits per heavy atom. The summed E-state index contributed by atoms with van der Waals surface area (Å²) in [5, 5.41) is 11.7. The van der Waals surface area contributed by atoms with Crippen molar-refractivity contribution in [3.05, 3.63) is 41.7 Å². The molecule has 0 bridgehead atoms. The first kappa shape index (κ1) is 15.4. The Bertz CT molecular complexity index is 586. The van der Waals surface area contributed by atoms with Crippen molar-refractivity contribution in [1.82, 2.24) is 20.1 Å². The number of carbonyl (C=O) groups is 1. The number of amides is 1. The molecule has 0 aliphatic rings. The van der Waals surface area contributed by atoms with E-state index in [9.17, 15) is 4.79 Å². The van der Waals surface area contributed by atoms with E-state index >= 15 is 0 Å². The fourth-order valence-corrected chi connectivity index (χ4v) is 2.29. The summed E-state index contributed by atoms with van der Waals surface area (Å²) >= 11 is 1.54. The molecule has 0 saturated heterocycles. The zero-order valence-corrected chi connectivity index (χ0v) is 12.9. The molecule has 1 aromatic heterocycles. The first-order chi connectivity index (χ1) is 10.2. The van der Waals surface area contributed by atoms with Gasteiger partial charge < -0.3 is 14.6 Å². The smallest absolute Gasteiger partial charge is 0.407 e. The lowest BCUT2D eigenvalue weighted by atomic mass is 10.2. The Morgan fingerprint density at radius 2 is 2.10 bits per heavy atom. The van der Waals surface area contributed by atoms with Gasteiger partial charge in [-0.15, -0.1) is 10.2 Å². The molecule has 1 amide bonds. The Labute approximate surface area is 127 Å². The molecule has 2 aromatic rings. The topological polar surface area (TPSA) is 69.0 Å². The van der Waals surface area contributed by atoms with Crippen molar-refractivity contribution < 1.29 is 9.53 Å². The van der Waals surface area contributed by atoms with Gasteiger partial charge in [0.25, 0.3) is 0 Å². The van der Waals surface area contributed by atoms with Crippen LogP contribution in [-0.4, -0.2) is 33.7 Å². The molecule has 6 nitrogen and oxygen atoms in total. The number of hydrogen-bond donors (Lipinski definition) is 1. The molecule has 7 heteroatoms. The van der Waals surface area contributed by atoms with Gasteiger partial charge in [0.1, 0.15) is 12.4 Å². The van der Waals surface area contributed by atoms with Crippen LogP contribution in [-0.2, 0) is 24.8 Å². The number of nitrogens with zero attached hydrogens (tertiary/aromatic N) is 3. The second-order valence-electron chi connectivity index (χ2n) is 4.40. The van der Waals surface area contributed by atoms with E-state index in [1.54, 1.807) is 0 Å². The summed E-state index contributed by atoms with van der Waals surface area (Å²) in [4.78, 5) is 11.6. The number of aromatic nitrogens is 3. The van der Waals surface area contributed by atoms with Crippen LogP contribution >= 0.6 is 11.8 Å². The summed E-state index contributed by atoms with van der Waals surface area (Å²) in [6.07, 6.45) is 2.14. The Balaban J connectivity index is 1.70. The van der Waals surface area contributed by atoms with E-state index in [1.807, 2.05) is 48.2 Å². The van der Waals surface area contributed by atoms with E-state index in [1.165, 1.54) is 11.8 Å². The molecule has 1 N–H and O–H groups in total. The van der Waals surface area contributed by atoms with Crippen LogP contribution in [0.1, 0.15) is 11.4 Å². The maximum Gasteiger partial charge on any atom is 0.407 e. The lowest BCUT2D eigenvalue weighted by Gasteiger charge is -2.07. The number of hydrogen-bond acceptors (Lipinski definition) is 5. The van der Waals surface area contributed by atoms with Gasteiger partial charge in [0.15, 0.2) is 5.16 Å². The average Bonchev–Trinajstić information content (AvgIpc) is 2.87. The first-order valence-electron chi connectivity index (χ1n) is 6.57. The standard InChI is InChI=1S/C14H18N4O2S/c1-18-12(16-17-13(18)21-2)8-9-15-14(19)20-10-11-6-4-3-5-7-11/h3-7H,8-10H2,1-2H3,(H,15,19). The fraction of sp³-hybridized carbons (Fsp3) is 0.357. The number of thioether (sulfide) groups is 1. The van der Waals surface area contributed by atoms with E-state index in [4.69, 9.17) is 4.74 Å². The van der Waals surface area contributed by atoms with E-state index in [0.29, 0.717) is 13.0 Å². The van der Waals surface area contributed by atoms with Gasteiger partial charge in [-0.3, -0.25) is 0 Å². The van der Waals surface area contributed by atoms with Crippen molar-refractivity contribution in [2.24, 2.45) is 7.05 Å². The zero-order valence-electron chi connectivity index (χ0n) is 12.1. The van der Waals surface area contributed by atoms with Gasteiger partial charge >= 0.3 is 6.09 Å². The molecular formula is C14H18N4O2S. The summed E-state index contributed by atoms with van der Waals surface area (Å²) in [7, 11) is 1.91. The Morgan fingerprint density at radius 1 is 1.33 bits per heavy atom. The number of carbonyl (C=O) groups excluding carboxylic acids is 1. The number of nitrogens with one attached hydrogen (secondary N) is 1. The molecule has 0 atom stereocenters. The molecule has 1 aromatic carbocycles. The van der Waals surface area contributed by atoms with Crippen LogP contribution in [0.2, 0.25) is 0 Å². The van der Waals surface area contributed by atoms with Crippen LogP contribution in [0.4, 0.5) is 4.79 Å². The van der Waals surface area contributed by atoms with Gasteiger partial charge in [0.05, 0.1) is 0 Å². The molecule has 0 unspecified atom stereocenters. The maximum absolute atomic E-state index is 11.6. The monoisotopic (exact) mass is 306 g/mol. The third kappa shape index (κ3) is 4.49. The highest BCUT2D eigenvalue weighted by Gasteiger charge is 2.08. The van der Waals surface area contributed by atoms with E-state index in [-0.39, 0.29) is 6.61 Å². The van der Waals surface area contributed by atoms with Crippen molar-refractivity contribution >= 4 is 17.9 Å². The quantitative estimate of drug-likeness (QED) is 0.827. The van der Waals surface area contributed by atoms with Crippen molar-refractivity contribution in [3.63, 3.8) is 0 Å². The highest BCUT2D eigenvalue weighted by molar-refractivity contribution is 7.98. The van der Waals surface area contributed by atoms with Crippen LogP contribution < -0.4 is 5.32 Å². The summed E-state index contributed by atoms with van der Waals surface area (Å²) < 4.78 is 7.04. The van der Waals surface area contributed by atoms with Crippen molar-refractivity contribution in [1.29, 1.82) is 0 Å². The van der Waals surface area contributed by atoms with Gasteiger partial charge in [-0.1, -0.05) is 42.1 Å². The largest absolute Gasteiger partial charge is 0.445 e. The third-order valence-corrected chi connectivity index (χ3v) is 3.66. The molecule has 0 spiro atoms. The van der Waals surface area contributed by atoms with Gasteiger partial charge in [-0.25, -0.2) is 4.79 Å². The third-order valence-electron chi connectivity index (χ3n) is 2.94. The molecule has 112 valence electrons. The molecular weight excluding hydrogens is 288 g/mol. The Kier molecular flexibility index (Phi) is 5.62. The lowest BCUT2D eigenvalue weighted by Crippen LogP contribution is -2.27. The maximum atomic E-state index is 11.6. The molecule has 0 radical (unpaired) electrons. The first-order valence-corrected chi connectivity index (χ1v) is 7.80. The van der Waals surface area contributed by atoms with Crippen LogP contribution in [0.15, 0.2) is 35.5 Å². The highest BCUT2D eigenvalue weighted by Crippen LogP contribution is 2.11. The van der Waals surface area contributed by atoms with Gasteiger partial charge in [0, 0.05) is 20.0 Å². The molecule has 0 saturated carbocycles. The molecule has 0 aliphatic carbocycles. The lowest BCUT2D eigenvalue weighted by molar-refractivity contribution is 0.139. The molecule has 0 fully saturated rings. The summed E-state index contributed by atoms with van der Waals surface area (Å²) in [6, 6.07) is 9.57. The second-order valence-corrected chi connectivity index (χ2v) is 5.17. The van der Waals surface area contributed by atoms with Gasteiger partial charge in [-0.2, -0.15) is 0 Å². The molecule has 1 heterocycles. The summed E-state index contributed by atoms with van der Waals surface area (Å²) in [5.74, 6) is 0.836. The van der Waals surface area contributed by atoms with E-state index < -0.39 is 6.09 Å². The van der Waals surface area contributed by atoms with Crippen molar-refractivity contribution in [2.45, 2.75) is 18.2 Å². The fourth-order valence-electron chi connectivity index (χ4n) is 1.79. The predicted octanol–water partition coefficient (Wildman–Crippen LogP) is 2.01. The summed E-state index contributed by atoms with van der Waals surface area (Å²) in [5.41, 5.74) is 0.963. The van der Waals surface area contributed by atoms with Crippen LogP contribution in [0.5, 0.6) is 0 Å². The van der Waals surface area contributed by atoms with Crippen LogP contribution in [0, 0.1) is 0 Å². The summed E-state index contributed by atoms with van der Waals surface area (Å²) in [6.45, 7) is 0.737. The number of benzene rings is 1. The zero-order chi connectivity index (χ0) is 15.1. The van der Waals surface area contributed by atoms with E-state index in [2.05, 4.69) is 15.5 Å². The number of ether oxygens (including phenoxy) is 1. The van der Waals surface area contributed by atoms with Crippen molar-refractivity contribution in [2.75, 3.05) is 12.8 Å². The highest BCUT2D eigenvalue weighted by atomic mass is 32.2. The average molecular weight is 306 g/mol. The Hall–Kier alpha value is -2.02. The number of alkyl carbamates (subject to hydrolysis) is 1. The predicted molar refractivity (Wildman–Crippen MR) is 81.1 cm³/mol. The number of rotatable bonds is 6. The second kappa shape index (κ2) is 7.68. The van der Waals surface area contributed by atoms with Crippen molar-refractivity contribution in [3.8, 4) is 0 Å².